The maximum absolute atomic E-state index is 11.5. The molecule has 2 aromatic carbocycles. The Hall–Kier alpha value is -2.82. The van der Waals surface area contributed by atoms with Crippen molar-refractivity contribution in [1.29, 1.82) is 0 Å². The average molecular weight is 284 g/mol. The van der Waals surface area contributed by atoms with Crippen molar-refractivity contribution in [2.75, 3.05) is 12.8 Å². The van der Waals surface area contributed by atoms with E-state index in [2.05, 4.69) is 9.73 Å². The van der Waals surface area contributed by atoms with Crippen LogP contribution < -0.4 is 5.73 Å². The molecule has 3 N–H and O–H groups in total. The summed E-state index contributed by atoms with van der Waals surface area (Å²) in [7, 11) is 1.26. The maximum Gasteiger partial charge on any atom is 0.341 e. The number of aromatic hydroxyl groups is 1. The van der Waals surface area contributed by atoms with E-state index >= 15 is 0 Å². The third kappa shape index (κ3) is 3.20. The molecule has 0 radical (unpaired) electrons. The van der Waals surface area contributed by atoms with Gasteiger partial charge in [0.25, 0.3) is 0 Å². The fraction of sp³-hybridized carbons (Fsp3) is 0.125. The van der Waals surface area contributed by atoms with Crippen LogP contribution in [0, 0.1) is 0 Å². The molecule has 0 saturated carbocycles. The summed E-state index contributed by atoms with van der Waals surface area (Å²) in [5.41, 5.74) is 8.29. The number of methoxy groups -OCH3 is 1. The fourth-order valence-electron chi connectivity index (χ4n) is 1.87. The molecule has 108 valence electrons. The molecule has 0 amide bonds. The van der Waals surface area contributed by atoms with Gasteiger partial charge >= 0.3 is 5.97 Å². The molecule has 0 aliphatic rings. The highest BCUT2D eigenvalue weighted by Gasteiger charge is 2.14. The molecule has 0 aromatic heterocycles. The normalized spacial score (nSPS) is 11.2. The lowest BCUT2D eigenvalue weighted by Crippen LogP contribution is -2.01. The van der Waals surface area contributed by atoms with Gasteiger partial charge in [-0.2, -0.15) is 0 Å². The standard InChI is InChI=1S/C16H16N2O3/c1-10(11-6-8-12(17)9-7-11)18-14-5-3-4-13(15(14)19)16(20)21-2/h3-9,19H,17H2,1-2H3. The van der Waals surface area contributed by atoms with Gasteiger partial charge in [-0.25, -0.2) is 9.79 Å². The molecular formula is C16H16N2O3. The third-order valence-corrected chi connectivity index (χ3v) is 3.04. The third-order valence-electron chi connectivity index (χ3n) is 3.04. The van der Waals surface area contributed by atoms with Gasteiger partial charge in [-0.3, -0.25) is 0 Å². The van der Waals surface area contributed by atoms with Crippen LogP contribution in [-0.2, 0) is 4.74 Å². The van der Waals surface area contributed by atoms with Crippen molar-refractivity contribution in [1.82, 2.24) is 0 Å². The van der Waals surface area contributed by atoms with E-state index in [0.29, 0.717) is 17.1 Å². The lowest BCUT2D eigenvalue weighted by atomic mass is 10.1. The van der Waals surface area contributed by atoms with Crippen LogP contribution >= 0.6 is 0 Å². The Kier molecular flexibility index (Phi) is 4.23. The fourth-order valence-corrected chi connectivity index (χ4v) is 1.87. The van der Waals surface area contributed by atoms with Crippen molar-refractivity contribution in [3.63, 3.8) is 0 Å². The quantitative estimate of drug-likeness (QED) is 0.515. The summed E-state index contributed by atoms with van der Waals surface area (Å²) in [6.45, 7) is 1.82. The Morgan fingerprint density at radius 2 is 1.86 bits per heavy atom. The second-order valence-electron chi connectivity index (χ2n) is 4.48. The summed E-state index contributed by atoms with van der Waals surface area (Å²) < 4.78 is 4.61. The first-order valence-electron chi connectivity index (χ1n) is 6.34. The van der Waals surface area contributed by atoms with Crippen LogP contribution in [0.3, 0.4) is 0 Å². The maximum atomic E-state index is 11.5. The van der Waals surface area contributed by atoms with Gasteiger partial charge in [0.05, 0.1) is 7.11 Å². The number of carbonyl (C=O) groups is 1. The Bertz CT molecular complexity index is 691. The van der Waals surface area contributed by atoms with Gasteiger partial charge in [0.2, 0.25) is 0 Å². The minimum absolute atomic E-state index is 0.0869. The molecule has 5 nitrogen and oxygen atoms in total. The number of ether oxygens (including phenoxy) is 1. The molecule has 0 spiro atoms. The van der Waals surface area contributed by atoms with Crippen molar-refractivity contribution in [2.45, 2.75) is 6.92 Å². The summed E-state index contributed by atoms with van der Waals surface area (Å²) >= 11 is 0. The number of aliphatic imine (C=N–C) groups is 1. The highest BCUT2D eigenvalue weighted by molar-refractivity contribution is 6.01. The molecule has 0 aliphatic heterocycles. The molecule has 0 unspecified atom stereocenters. The number of hydrogen-bond acceptors (Lipinski definition) is 5. The van der Waals surface area contributed by atoms with Crippen LogP contribution in [0.5, 0.6) is 5.75 Å². The van der Waals surface area contributed by atoms with Crippen molar-refractivity contribution < 1.29 is 14.6 Å². The van der Waals surface area contributed by atoms with Crippen molar-refractivity contribution >= 4 is 23.1 Å². The number of benzene rings is 2. The number of esters is 1. The predicted molar refractivity (Wildman–Crippen MR) is 82.2 cm³/mol. The highest BCUT2D eigenvalue weighted by Crippen LogP contribution is 2.31. The first kappa shape index (κ1) is 14.6. The topological polar surface area (TPSA) is 84.9 Å². The number of rotatable bonds is 3. The minimum Gasteiger partial charge on any atom is -0.505 e. The Labute approximate surface area is 122 Å². The van der Waals surface area contributed by atoms with Gasteiger partial charge in [-0.1, -0.05) is 18.2 Å². The minimum atomic E-state index is -0.602. The van der Waals surface area contributed by atoms with E-state index in [1.807, 2.05) is 19.1 Å². The Balaban J connectivity index is 2.40. The number of phenols is 1. The number of phenolic OH excluding ortho intramolecular Hbond substituents is 1. The number of nitrogens with zero attached hydrogens (tertiary/aromatic N) is 1. The van der Waals surface area contributed by atoms with Gasteiger partial charge < -0.3 is 15.6 Å². The molecule has 5 heteroatoms. The summed E-state index contributed by atoms with van der Waals surface area (Å²) in [6, 6.07) is 12.0. The van der Waals surface area contributed by atoms with Crippen LogP contribution in [0.4, 0.5) is 11.4 Å². The zero-order valence-electron chi connectivity index (χ0n) is 11.8. The second-order valence-corrected chi connectivity index (χ2v) is 4.48. The molecule has 2 rings (SSSR count). The lowest BCUT2D eigenvalue weighted by molar-refractivity contribution is 0.0597. The number of para-hydroxylation sites is 1. The van der Waals surface area contributed by atoms with Crippen LogP contribution in [-0.4, -0.2) is 23.9 Å². The smallest absolute Gasteiger partial charge is 0.341 e. The van der Waals surface area contributed by atoms with Gasteiger partial charge in [0.1, 0.15) is 11.3 Å². The van der Waals surface area contributed by atoms with E-state index in [9.17, 15) is 9.90 Å². The molecule has 0 heterocycles. The molecular weight excluding hydrogens is 268 g/mol. The molecule has 0 bridgehead atoms. The lowest BCUT2D eigenvalue weighted by Gasteiger charge is -2.07. The highest BCUT2D eigenvalue weighted by atomic mass is 16.5. The van der Waals surface area contributed by atoms with E-state index in [-0.39, 0.29) is 11.3 Å². The molecule has 0 aliphatic carbocycles. The number of nitrogens with two attached hydrogens (primary N) is 1. The summed E-state index contributed by atoms with van der Waals surface area (Å²) in [5.74, 6) is -0.797. The number of hydrogen-bond donors (Lipinski definition) is 2. The largest absolute Gasteiger partial charge is 0.505 e. The molecule has 0 atom stereocenters. The van der Waals surface area contributed by atoms with Gasteiger partial charge in [-0.05, 0) is 36.8 Å². The van der Waals surface area contributed by atoms with Crippen LogP contribution in [0.2, 0.25) is 0 Å². The van der Waals surface area contributed by atoms with Crippen molar-refractivity contribution in [3.05, 3.63) is 53.6 Å². The predicted octanol–water partition coefficient (Wildman–Crippen LogP) is 2.90. The zero-order chi connectivity index (χ0) is 15.4. The summed E-state index contributed by atoms with van der Waals surface area (Å²) in [6.07, 6.45) is 0. The summed E-state index contributed by atoms with van der Waals surface area (Å²) in [4.78, 5) is 15.9. The molecule has 0 fully saturated rings. The van der Waals surface area contributed by atoms with E-state index < -0.39 is 5.97 Å². The molecule has 21 heavy (non-hydrogen) atoms. The average Bonchev–Trinajstić information content (AvgIpc) is 2.49. The molecule has 2 aromatic rings. The van der Waals surface area contributed by atoms with Crippen LogP contribution in [0.1, 0.15) is 22.8 Å². The molecule has 0 saturated heterocycles. The van der Waals surface area contributed by atoms with E-state index in [0.717, 1.165) is 5.56 Å². The first-order valence-corrected chi connectivity index (χ1v) is 6.34. The number of anilines is 1. The SMILES string of the molecule is COC(=O)c1cccc(N=C(C)c2ccc(N)cc2)c1O. The zero-order valence-corrected chi connectivity index (χ0v) is 11.8. The van der Waals surface area contributed by atoms with Crippen molar-refractivity contribution in [3.8, 4) is 5.75 Å². The number of carbonyl (C=O) groups excluding carboxylic acids is 1. The van der Waals surface area contributed by atoms with Gasteiger partial charge in [-0.15, -0.1) is 0 Å². The van der Waals surface area contributed by atoms with Crippen LogP contribution in [0.25, 0.3) is 0 Å². The first-order chi connectivity index (χ1) is 10.0. The van der Waals surface area contributed by atoms with Crippen molar-refractivity contribution in [2.24, 2.45) is 4.99 Å². The number of nitrogen functional groups attached to an aromatic ring is 1. The summed E-state index contributed by atoms with van der Waals surface area (Å²) in [5, 5.41) is 10.1. The Morgan fingerprint density at radius 1 is 1.19 bits per heavy atom. The van der Waals surface area contributed by atoms with E-state index in [1.165, 1.54) is 13.2 Å². The Morgan fingerprint density at radius 3 is 2.48 bits per heavy atom. The van der Waals surface area contributed by atoms with Gasteiger partial charge in [0.15, 0.2) is 5.75 Å². The van der Waals surface area contributed by atoms with E-state index in [4.69, 9.17) is 5.73 Å². The van der Waals surface area contributed by atoms with Crippen LogP contribution in [0.15, 0.2) is 47.5 Å². The van der Waals surface area contributed by atoms with E-state index in [1.54, 1.807) is 24.3 Å². The second kappa shape index (κ2) is 6.09. The monoisotopic (exact) mass is 284 g/mol. The van der Waals surface area contributed by atoms with Gasteiger partial charge in [0, 0.05) is 11.4 Å².